The number of hydrogen-bond donors (Lipinski definition) is 3. The van der Waals surface area contributed by atoms with Crippen LogP contribution in [0.25, 0.3) is 0 Å². The lowest BCUT2D eigenvalue weighted by atomic mass is 9.97. The highest BCUT2D eigenvalue weighted by atomic mass is 79.9. The van der Waals surface area contributed by atoms with Gasteiger partial charge in [-0.3, -0.25) is 0 Å². The van der Waals surface area contributed by atoms with E-state index in [2.05, 4.69) is 20.7 Å². The van der Waals surface area contributed by atoms with Crippen molar-refractivity contribution in [1.82, 2.24) is 4.72 Å². The lowest BCUT2D eigenvalue weighted by Crippen LogP contribution is -2.38. The summed E-state index contributed by atoms with van der Waals surface area (Å²) in [5.41, 5.74) is 7.74. The zero-order valence-electron chi connectivity index (χ0n) is 15.6. The molecule has 27 heavy (non-hydrogen) atoms. The Hall–Kier alpha value is -1.25. The van der Waals surface area contributed by atoms with Gasteiger partial charge in [0.25, 0.3) is 0 Å². The van der Waals surface area contributed by atoms with Crippen molar-refractivity contribution in [3.63, 3.8) is 0 Å². The number of halogens is 1. The third-order valence-electron chi connectivity index (χ3n) is 4.23. The molecular formula is C20H27BrN2O3S. The summed E-state index contributed by atoms with van der Waals surface area (Å²) in [5, 5.41) is 10.6. The molecule has 0 aromatic heterocycles. The molecule has 0 saturated carbocycles. The zero-order valence-corrected chi connectivity index (χ0v) is 18.0. The summed E-state index contributed by atoms with van der Waals surface area (Å²) in [5.74, 6) is 0.198. The van der Waals surface area contributed by atoms with Gasteiger partial charge >= 0.3 is 0 Å². The minimum atomic E-state index is -3.66. The molecule has 0 amide bonds. The van der Waals surface area contributed by atoms with Crippen LogP contribution in [0.15, 0.2) is 57.9 Å². The normalized spacial score (nSPS) is 14.3. The van der Waals surface area contributed by atoms with Crippen molar-refractivity contribution in [2.75, 3.05) is 6.54 Å². The van der Waals surface area contributed by atoms with Crippen LogP contribution in [0.4, 0.5) is 0 Å². The molecule has 0 fully saturated rings. The lowest BCUT2D eigenvalue weighted by Gasteiger charge is -2.21. The fraction of sp³-hybridized carbons (Fsp3) is 0.400. The van der Waals surface area contributed by atoms with Crippen molar-refractivity contribution in [3.8, 4) is 0 Å². The highest BCUT2D eigenvalue weighted by Gasteiger charge is 2.23. The molecule has 2 rings (SSSR count). The molecule has 5 nitrogen and oxygen atoms in total. The number of benzene rings is 2. The summed E-state index contributed by atoms with van der Waals surface area (Å²) in [7, 11) is -3.66. The molecule has 2 atom stereocenters. The van der Waals surface area contributed by atoms with Crippen LogP contribution in [0.3, 0.4) is 0 Å². The maximum absolute atomic E-state index is 12.7. The van der Waals surface area contributed by atoms with Crippen LogP contribution in [0, 0.1) is 5.92 Å². The number of hydrogen-bond acceptors (Lipinski definition) is 4. The monoisotopic (exact) mass is 454 g/mol. The first-order chi connectivity index (χ1) is 12.7. The van der Waals surface area contributed by atoms with E-state index < -0.39 is 22.2 Å². The number of sulfonamides is 1. The molecule has 0 spiro atoms. The third-order valence-corrected chi connectivity index (χ3v) is 6.25. The van der Waals surface area contributed by atoms with Gasteiger partial charge in [0.05, 0.1) is 11.0 Å². The van der Waals surface area contributed by atoms with E-state index >= 15 is 0 Å². The Morgan fingerprint density at radius 3 is 2.41 bits per heavy atom. The number of aliphatic hydroxyl groups is 1. The van der Waals surface area contributed by atoms with Crippen LogP contribution in [0.5, 0.6) is 0 Å². The Balaban J connectivity index is 2.18. The molecule has 0 bridgehead atoms. The van der Waals surface area contributed by atoms with E-state index in [-0.39, 0.29) is 17.2 Å². The molecule has 7 heteroatoms. The van der Waals surface area contributed by atoms with Gasteiger partial charge in [-0.1, -0.05) is 60.1 Å². The predicted octanol–water partition coefficient (Wildman–Crippen LogP) is 2.86. The van der Waals surface area contributed by atoms with E-state index in [1.807, 2.05) is 44.2 Å². The van der Waals surface area contributed by atoms with Crippen molar-refractivity contribution in [3.05, 3.63) is 64.1 Å². The quantitative estimate of drug-likeness (QED) is 0.542. The van der Waals surface area contributed by atoms with Gasteiger partial charge in [0.1, 0.15) is 0 Å². The second-order valence-corrected chi connectivity index (χ2v) is 9.77. The maximum atomic E-state index is 12.7. The standard InChI is InChI=1S/C20H27BrN2O3S/c1-14(2)13-23-27(25,26)20-9-8-17(21)11-16(20)12-19(24)18(22)10-15-6-4-3-5-7-15/h3-9,11,14,18-19,23-24H,10,12-13,22H2,1-2H3/t18-,19+/m0/s1. The summed E-state index contributed by atoms with van der Waals surface area (Å²) in [6.07, 6.45) is -0.187. The van der Waals surface area contributed by atoms with E-state index in [0.29, 0.717) is 18.5 Å². The molecule has 0 heterocycles. The van der Waals surface area contributed by atoms with Crippen LogP contribution >= 0.6 is 15.9 Å². The summed E-state index contributed by atoms with van der Waals surface area (Å²) in [4.78, 5) is 0.178. The van der Waals surface area contributed by atoms with E-state index in [4.69, 9.17) is 5.73 Å². The van der Waals surface area contributed by atoms with Crippen molar-refractivity contribution >= 4 is 26.0 Å². The van der Waals surface area contributed by atoms with Gasteiger partial charge in [-0.15, -0.1) is 0 Å². The smallest absolute Gasteiger partial charge is 0.240 e. The Labute approximate surface area is 170 Å². The van der Waals surface area contributed by atoms with Crippen LogP contribution in [-0.2, 0) is 22.9 Å². The molecule has 2 aromatic carbocycles. The van der Waals surface area contributed by atoms with Gasteiger partial charge in [-0.2, -0.15) is 0 Å². The first kappa shape index (κ1) is 22.0. The van der Waals surface area contributed by atoms with E-state index in [1.54, 1.807) is 18.2 Å². The van der Waals surface area contributed by atoms with Crippen LogP contribution in [-0.4, -0.2) is 32.2 Å². The Morgan fingerprint density at radius 2 is 1.78 bits per heavy atom. The molecular weight excluding hydrogens is 428 g/mol. The van der Waals surface area contributed by atoms with Gasteiger partial charge in [-0.25, -0.2) is 13.1 Å². The van der Waals surface area contributed by atoms with Crippen LogP contribution in [0.1, 0.15) is 25.0 Å². The fourth-order valence-electron chi connectivity index (χ4n) is 2.72. The van der Waals surface area contributed by atoms with Crippen molar-refractivity contribution in [2.45, 2.75) is 43.7 Å². The van der Waals surface area contributed by atoms with Crippen molar-refractivity contribution < 1.29 is 13.5 Å². The summed E-state index contributed by atoms with van der Waals surface area (Å²) in [6, 6.07) is 14.2. The number of nitrogens with two attached hydrogens (primary N) is 1. The summed E-state index contributed by atoms with van der Waals surface area (Å²) >= 11 is 3.38. The number of aliphatic hydroxyl groups excluding tert-OH is 1. The van der Waals surface area contributed by atoms with Gasteiger partial charge < -0.3 is 10.8 Å². The molecule has 148 valence electrons. The topological polar surface area (TPSA) is 92.4 Å². The van der Waals surface area contributed by atoms with Crippen LogP contribution in [0.2, 0.25) is 0 Å². The molecule has 0 aliphatic heterocycles. The predicted molar refractivity (Wildman–Crippen MR) is 112 cm³/mol. The molecule has 0 aliphatic carbocycles. The minimum Gasteiger partial charge on any atom is -0.391 e. The van der Waals surface area contributed by atoms with Gasteiger partial charge in [-0.05, 0) is 41.7 Å². The SMILES string of the molecule is CC(C)CNS(=O)(=O)c1ccc(Br)cc1C[C@@H](O)[C@@H](N)Cc1ccccc1. The molecule has 0 saturated heterocycles. The average Bonchev–Trinajstić information content (AvgIpc) is 2.60. The third kappa shape index (κ3) is 6.69. The van der Waals surface area contributed by atoms with E-state index in [9.17, 15) is 13.5 Å². The summed E-state index contributed by atoms with van der Waals surface area (Å²) in [6.45, 7) is 4.24. The Morgan fingerprint density at radius 1 is 1.11 bits per heavy atom. The Kier molecular flexibility index (Phi) is 8.00. The highest BCUT2D eigenvalue weighted by Crippen LogP contribution is 2.23. The molecule has 0 unspecified atom stereocenters. The largest absolute Gasteiger partial charge is 0.391 e. The number of nitrogens with one attached hydrogen (secondary N) is 1. The zero-order chi connectivity index (χ0) is 20.0. The lowest BCUT2D eigenvalue weighted by molar-refractivity contribution is 0.143. The van der Waals surface area contributed by atoms with Crippen molar-refractivity contribution in [2.24, 2.45) is 11.7 Å². The second kappa shape index (κ2) is 9.80. The Bertz CT molecular complexity index is 842. The first-order valence-corrected chi connectivity index (χ1v) is 11.2. The fourth-order valence-corrected chi connectivity index (χ4v) is 4.57. The summed E-state index contributed by atoms with van der Waals surface area (Å²) < 4.78 is 28.7. The van der Waals surface area contributed by atoms with Crippen molar-refractivity contribution in [1.29, 1.82) is 0 Å². The second-order valence-electron chi connectivity index (χ2n) is 7.12. The number of rotatable bonds is 9. The molecule has 4 N–H and O–H groups in total. The molecule has 2 aromatic rings. The maximum Gasteiger partial charge on any atom is 0.240 e. The first-order valence-electron chi connectivity index (χ1n) is 8.94. The van der Waals surface area contributed by atoms with Gasteiger partial charge in [0.15, 0.2) is 0 Å². The van der Waals surface area contributed by atoms with Gasteiger partial charge in [0.2, 0.25) is 10.0 Å². The van der Waals surface area contributed by atoms with E-state index in [1.165, 1.54) is 0 Å². The molecule has 0 radical (unpaired) electrons. The van der Waals surface area contributed by atoms with Crippen LogP contribution < -0.4 is 10.5 Å². The average molecular weight is 455 g/mol. The highest BCUT2D eigenvalue weighted by molar-refractivity contribution is 9.10. The minimum absolute atomic E-state index is 0.158. The van der Waals surface area contributed by atoms with Gasteiger partial charge in [0, 0.05) is 23.5 Å². The van der Waals surface area contributed by atoms with E-state index in [0.717, 1.165) is 10.0 Å². The molecule has 0 aliphatic rings.